The molecule has 0 amide bonds. The first-order chi connectivity index (χ1) is 12.1. The minimum absolute atomic E-state index is 0.134. The Morgan fingerprint density at radius 2 is 1.80 bits per heavy atom. The number of nitrogens with one attached hydrogen (secondary N) is 1. The zero-order valence-corrected chi connectivity index (χ0v) is 13.9. The van der Waals surface area contributed by atoms with Gasteiger partial charge in [0, 0.05) is 11.8 Å². The fourth-order valence-corrected chi connectivity index (χ4v) is 3.08. The van der Waals surface area contributed by atoms with E-state index >= 15 is 0 Å². The molecule has 130 valence electrons. The summed E-state index contributed by atoms with van der Waals surface area (Å²) in [5, 5.41) is 11.0. The van der Waals surface area contributed by atoms with Gasteiger partial charge < -0.3 is 9.80 Å². The van der Waals surface area contributed by atoms with E-state index in [-0.39, 0.29) is 16.4 Å². The van der Waals surface area contributed by atoms with Crippen molar-refractivity contribution in [2.45, 2.75) is 0 Å². The Morgan fingerprint density at radius 1 is 1.12 bits per heavy atom. The average molecular weight is 342 g/mol. The number of hydrogen-bond donors (Lipinski definition) is 1. The summed E-state index contributed by atoms with van der Waals surface area (Å²) in [7, 11) is 0. The van der Waals surface area contributed by atoms with Crippen LogP contribution < -0.4 is 9.80 Å². The predicted octanol–water partition coefficient (Wildman–Crippen LogP) is 2.15. The number of nitro groups is 1. The molecule has 0 unspecified atom stereocenters. The molecule has 1 fully saturated rings. The van der Waals surface area contributed by atoms with Gasteiger partial charge in [0.15, 0.2) is 0 Å². The summed E-state index contributed by atoms with van der Waals surface area (Å²) in [5.74, 6) is -0.215. The first-order valence-electron chi connectivity index (χ1n) is 8.37. The van der Waals surface area contributed by atoms with Crippen LogP contribution in [0.1, 0.15) is 5.56 Å². The maximum atomic E-state index is 13.0. The lowest BCUT2D eigenvalue weighted by Crippen LogP contribution is -3.14. The van der Waals surface area contributed by atoms with Crippen LogP contribution in [0.4, 0.5) is 15.8 Å². The highest BCUT2D eigenvalue weighted by Crippen LogP contribution is 2.18. The molecule has 0 spiro atoms. The molecule has 1 N–H and O–H groups in total. The van der Waals surface area contributed by atoms with Crippen molar-refractivity contribution in [1.29, 1.82) is 0 Å². The van der Waals surface area contributed by atoms with Gasteiger partial charge in [-0.05, 0) is 42.5 Å². The smallest absolute Gasteiger partial charge is 0.276 e. The summed E-state index contributed by atoms with van der Waals surface area (Å²) in [6.45, 7) is 4.64. The normalized spacial score (nSPS) is 15.6. The van der Waals surface area contributed by atoms with Gasteiger partial charge >= 0.3 is 0 Å². The lowest BCUT2D eigenvalue weighted by atomic mass is 10.1. The molecule has 25 heavy (non-hydrogen) atoms. The standard InChI is InChI=1S/C19H20FN3O2/c20-17-7-9-18(10-8-17)22-14-12-21(13-15-22)11-3-5-16-4-1-2-6-19(16)23(24)25/h1-10H,11-15H2/p+1/b5-3+. The van der Waals surface area contributed by atoms with Crippen molar-refractivity contribution in [2.75, 3.05) is 37.6 Å². The van der Waals surface area contributed by atoms with Crippen LogP contribution in [0, 0.1) is 15.9 Å². The molecular weight excluding hydrogens is 321 g/mol. The van der Waals surface area contributed by atoms with E-state index in [0.717, 1.165) is 38.4 Å². The number of nitrogens with zero attached hydrogens (tertiary/aromatic N) is 2. The first kappa shape index (κ1) is 17.1. The van der Waals surface area contributed by atoms with Crippen molar-refractivity contribution in [3.8, 4) is 0 Å². The van der Waals surface area contributed by atoms with Crippen LogP contribution in [0.3, 0.4) is 0 Å². The molecule has 1 heterocycles. The van der Waals surface area contributed by atoms with Crippen LogP contribution in [-0.4, -0.2) is 37.6 Å². The molecule has 5 nitrogen and oxygen atoms in total. The van der Waals surface area contributed by atoms with Crippen molar-refractivity contribution in [1.82, 2.24) is 0 Å². The molecule has 2 aromatic rings. The van der Waals surface area contributed by atoms with Crippen molar-refractivity contribution in [3.63, 3.8) is 0 Å². The highest BCUT2D eigenvalue weighted by molar-refractivity contribution is 5.60. The predicted molar refractivity (Wildman–Crippen MR) is 96.3 cm³/mol. The van der Waals surface area contributed by atoms with Crippen LogP contribution in [-0.2, 0) is 0 Å². The van der Waals surface area contributed by atoms with Crippen LogP contribution in [0.2, 0.25) is 0 Å². The third kappa shape index (κ3) is 4.42. The zero-order valence-electron chi connectivity index (χ0n) is 13.9. The second-order valence-electron chi connectivity index (χ2n) is 6.14. The number of piperazine rings is 1. The van der Waals surface area contributed by atoms with Crippen molar-refractivity contribution in [3.05, 3.63) is 76.1 Å². The van der Waals surface area contributed by atoms with E-state index < -0.39 is 0 Å². The van der Waals surface area contributed by atoms with E-state index in [1.54, 1.807) is 18.2 Å². The fraction of sp³-hybridized carbons (Fsp3) is 0.263. The van der Waals surface area contributed by atoms with Gasteiger partial charge in [-0.15, -0.1) is 0 Å². The van der Waals surface area contributed by atoms with Gasteiger partial charge in [0.2, 0.25) is 0 Å². The van der Waals surface area contributed by atoms with E-state index in [1.807, 2.05) is 24.3 Å². The molecule has 0 saturated carbocycles. The molecular formula is C19H21FN3O2+. The monoisotopic (exact) mass is 342 g/mol. The van der Waals surface area contributed by atoms with E-state index in [4.69, 9.17) is 0 Å². The van der Waals surface area contributed by atoms with Crippen LogP contribution in [0.5, 0.6) is 0 Å². The number of anilines is 1. The molecule has 6 heteroatoms. The van der Waals surface area contributed by atoms with E-state index in [0.29, 0.717) is 5.56 Å². The molecule has 1 saturated heterocycles. The van der Waals surface area contributed by atoms with E-state index in [2.05, 4.69) is 4.90 Å². The van der Waals surface area contributed by atoms with Gasteiger partial charge in [0.1, 0.15) is 5.82 Å². The molecule has 0 aromatic heterocycles. The summed E-state index contributed by atoms with van der Waals surface area (Å²) in [4.78, 5) is 14.4. The summed E-state index contributed by atoms with van der Waals surface area (Å²) in [5.41, 5.74) is 1.82. The van der Waals surface area contributed by atoms with Gasteiger partial charge in [-0.3, -0.25) is 10.1 Å². The first-order valence-corrected chi connectivity index (χ1v) is 8.37. The Morgan fingerprint density at radius 3 is 2.48 bits per heavy atom. The number of halogens is 1. The Kier molecular flexibility index (Phi) is 5.40. The summed E-state index contributed by atoms with van der Waals surface area (Å²) < 4.78 is 13.0. The number of rotatable bonds is 5. The minimum Gasteiger partial charge on any atom is -0.360 e. The van der Waals surface area contributed by atoms with Crippen LogP contribution in [0.25, 0.3) is 6.08 Å². The molecule has 1 aliphatic heterocycles. The SMILES string of the molecule is O=[N+]([O-])c1ccccc1/C=C/C[NH+]1CCN(c2ccc(F)cc2)CC1. The molecule has 0 radical (unpaired) electrons. The number of para-hydroxylation sites is 1. The maximum absolute atomic E-state index is 13.0. The Bertz CT molecular complexity index is 754. The van der Waals surface area contributed by atoms with Crippen LogP contribution >= 0.6 is 0 Å². The number of benzene rings is 2. The quantitative estimate of drug-likeness (QED) is 0.669. The third-order valence-corrected chi connectivity index (χ3v) is 4.50. The molecule has 3 rings (SSSR count). The van der Waals surface area contributed by atoms with Gasteiger partial charge in [0.25, 0.3) is 5.69 Å². The van der Waals surface area contributed by atoms with Crippen molar-refractivity contribution in [2.24, 2.45) is 0 Å². The molecule has 0 atom stereocenters. The molecule has 1 aliphatic rings. The van der Waals surface area contributed by atoms with Crippen molar-refractivity contribution >= 4 is 17.5 Å². The summed E-state index contributed by atoms with van der Waals surface area (Å²) in [6, 6.07) is 13.4. The average Bonchev–Trinajstić information content (AvgIpc) is 2.63. The highest BCUT2D eigenvalue weighted by atomic mass is 19.1. The Labute approximate surface area is 146 Å². The molecule has 2 aromatic carbocycles. The second kappa shape index (κ2) is 7.90. The van der Waals surface area contributed by atoms with Gasteiger partial charge in [-0.2, -0.15) is 0 Å². The molecule has 0 aliphatic carbocycles. The van der Waals surface area contributed by atoms with E-state index in [1.165, 1.54) is 23.1 Å². The maximum Gasteiger partial charge on any atom is 0.276 e. The highest BCUT2D eigenvalue weighted by Gasteiger charge is 2.19. The summed E-state index contributed by atoms with van der Waals surface area (Å²) in [6.07, 6.45) is 3.84. The topological polar surface area (TPSA) is 50.8 Å². The number of quaternary nitrogens is 1. The fourth-order valence-electron chi connectivity index (χ4n) is 3.08. The number of hydrogen-bond acceptors (Lipinski definition) is 3. The Hall–Kier alpha value is -2.73. The minimum atomic E-state index is -0.353. The lowest BCUT2D eigenvalue weighted by Gasteiger charge is -2.33. The van der Waals surface area contributed by atoms with Gasteiger partial charge in [0.05, 0.1) is 43.2 Å². The second-order valence-corrected chi connectivity index (χ2v) is 6.14. The van der Waals surface area contributed by atoms with Gasteiger partial charge in [-0.25, -0.2) is 4.39 Å². The number of nitro benzene ring substituents is 1. The molecule has 0 bridgehead atoms. The lowest BCUT2D eigenvalue weighted by molar-refractivity contribution is -0.894. The van der Waals surface area contributed by atoms with Crippen LogP contribution in [0.15, 0.2) is 54.6 Å². The largest absolute Gasteiger partial charge is 0.360 e. The van der Waals surface area contributed by atoms with Gasteiger partial charge in [-0.1, -0.05) is 12.1 Å². The zero-order chi connectivity index (χ0) is 17.6. The Balaban J connectivity index is 1.53. The van der Waals surface area contributed by atoms with E-state index in [9.17, 15) is 14.5 Å². The summed E-state index contributed by atoms with van der Waals surface area (Å²) >= 11 is 0. The van der Waals surface area contributed by atoms with Crippen molar-refractivity contribution < 1.29 is 14.2 Å². The third-order valence-electron chi connectivity index (χ3n) is 4.50.